The molecule has 0 aromatic rings. The van der Waals surface area contributed by atoms with Crippen molar-refractivity contribution in [2.75, 3.05) is 13.1 Å². The van der Waals surface area contributed by atoms with Crippen molar-refractivity contribution in [2.45, 2.75) is 0 Å². The van der Waals surface area contributed by atoms with E-state index < -0.39 is 0 Å². The second kappa shape index (κ2) is 2.34. The molecule has 2 aliphatic heterocycles. The highest BCUT2D eigenvalue weighted by Crippen LogP contribution is 2.16. The highest BCUT2D eigenvalue weighted by atomic mass is 16.2. The molecule has 0 bridgehead atoms. The summed E-state index contributed by atoms with van der Waals surface area (Å²) >= 11 is 0. The fourth-order valence-corrected chi connectivity index (χ4v) is 1.23. The van der Waals surface area contributed by atoms with Gasteiger partial charge in [0.2, 0.25) is 0 Å². The van der Waals surface area contributed by atoms with E-state index in [4.69, 9.17) is 0 Å². The maximum Gasteiger partial charge on any atom is 0.251 e. The average molecular weight is 148 g/mol. The van der Waals surface area contributed by atoms with Gasteiger partial charge in [-0.2, -0.15) is 0 Å². The first kappa shape index (κ1) is 6.34. The third kappa shape index (κ3) is 0.981. The van der Waals surface area contributed by atoms with E-state index in [0.717, 1.165) is 11.1 Å². The molecular formula is C8H8N2O. The van der Waals surface area contributed by atoms with E-state index in [0.29, 0.717) is 13.1 Å². The quantitative estimate of drug-likeness (QED) is 0.518. The minimum atomic E-state index is 0.0181. The third-order valence-corrected chi connectivity index (χ3v) is 1.82. The average Bonchev–Trinajstić information content (AvgIpc) is 2.25. The van der Waals surface area contributed by atoms with Gasteiger partial charge in [-0.05, 0) is 11.6 Å². The molecule has 0 aromatic heterocycles. The maximum absolute atomic E-state index is 11.1. The van der Waals surface area contributed by atoms with Gasteiger partial charge in [0.05, 0.1) is 6.54 Å². The Morgan fingerprint density at radius 2 is 2.45 bits per heavy atom. The van der Waals surface area contributed by atoms with Crippen molar-refractivity contribution < 1.29 is 4.79 Å². The zero-order valence-electron chi connectivity index (χ0n) is 6.00. The van der Waals surface area contributed by atoms with Crippen LogP contribution in [-0.4, -0.2) is 25.2 Å². The molecule has 1 N–H and O–H groups in total. The van der Waals surface area contributed by atoms with Crippen molar-refractivity contribution in [2.24, 2.45) is 4.99 Å². The van der Waals surface area contributed by atoms with Gasteiger partial charge < -0.3 is 5.32 Å². The highest BCUT2D eigenvalue weighted by Gasteiger charge is 2.21. The predicted octanol–water partition coefficient (Wildman–Crippen LogP) is 0.0534. The molecule has 0 atom stereocenters. The first-order valence-corrected chi connectivity index (χ1v) is 3.55. The van der Waals surface area contributed by atoms with Crippen LogP contribution in [0, 0.1) is 0 Å². The third-order valence-electron chi connectivity index (χ3n) is 1.82. The number of rotatable bonds is 0. The van der Waals surface area contributed by atoms with Crippen molar-refractivity contribution in [1.82, 2.24) is 5.32 Å². The molecule has 1 amide bonds. The van der Waals surface area contributed by atoms with Crippen molar-refractivity contribution in [3.05, 3.63) is 23.3 Å². The lowest BCUT2D eigenvalue weighted by atomic mass is 10.1. The molecule has 0 radical (unpaired) electrons. The number of hydrogen-bond acceptors (Lipinski definition) is 2. The van der Waals surface area contributed by atoms with E-state index >= 15 is 0 Å². The number of amides is 1. The number of nitrogens with one attached hydrogen (secondary N) is 1. The lowest BCUT2D eigenvalue weighted by Crippen LogP contribution is -2.14. The summed E-state index contributed by atoms with van der Waals surface area (Å²) in [6.07, 6.45) is 5.43. The molecule has 0 aromatic carbocycles. The van der Waals surface area contributed by atoms with Gasteiger partial charge in [-0.15, -0.1) is 0 Å². The van der Waals surface area contributed by atoms with Crippen LogP contribution in [0.4, 0.5) is 0 Å². The smallest absolute Gasteiger partial charge is 0.251 e. The fourth-order valence-electron chi connectivity index (χ4n) is 1.23. The van der Waals surface area contributed by atoms with E-state index in [9.17, 15) is 4.79 Å². The summed E-state index contributed by atoms with van der Waals surface area (Å²) in [6, 6.07) is 0. The Morgan fingerprint density at radius 1 is 1.55 bits per heavy atom. The molecule has 0 unspecified atom stereocenters. The zero-order valence-corrected chi connectivity index (χ0v) is 6.00. The number of hydrogen-bond donors (Lipinski definition) is 1. The Morgan fingerprint density at radius 3 is 3.36 bits per heavy atom. The van der Waals surface area contributed by atoms with E-state index in [1.54, 1.807) is 12.3 Å². The van der Waals surface area contributed by atoms with Crippen molar-refractivity contribution in [3.63, 3.8) is 0 Å². The van der Waals surface area contributed by atoms with Crippen LogP contribution in [-0.2, 0) is 4.79 Å². The Labute approximate surface area is 64.5 Å². The van der Waals surface area contributed by atoms with Crippen molar-refractivity contribution in [3.8, 4) is 0 Å². The Hall–Kier alpha value is -1.38. The molecule has 2 heterocycles. The Balaban J connectivity index is 2.44. The van der Waals surface area contributed by atoms with E-state index in [-0.39, 0.29) is 5.91 Å². The largest absolute Gasteiger partial charge is 0.348 e. The maximum atomic E-state index is 11.1. The fraction of sp³-hybridized carbons (Fsp3) is 0.250. The molecule has 1 saturated heterocycles. The van der Waals surface area contributed by atoms with E-state index in [1.165, 1.54) is 0 Å². The Bertz CT molecular complexity index is 286. The number of carbonyl (C=O) groups is 1. The number of fused-ring (bicyclic) bond motifs is 1. The van der Waals surface area contributed by atoms with Crippen molar-refractivity contribution >= 4 is 12.1 Å². The SMILES string of the molecule is O=C1NCC2=CCN=CC=C12. The molecule has 3 nitrogen and oxygen atoms in total. The summed E-state index contributed by atoms with van der Waals surface area (Å²) in [4.78, 5) is 15.1. The molecule has 3 heteroatoms. The van der Waals surface area contributed by atoms with Gasteiger partial charge in [0.15, 0.2) is 0 Å². The molecule has 0 saturated carbocycles. The van der Waals surface area contributed by atoms with Crippen LogP contribution in [0.25, 0.3) is 0 Å². The lowest BCUT2D eigenvalue weighted by molar-refractivity contribution is -0.116. The Kier molecular flexibility index (Phi) is 1.35. The molecular weight excluding hydrogens is 140 g/mol. The summed E-state index contributed by atoms with van der Waals surface area (Å²) in [5.41, 5.74) is 1.85. The van der Waals surface area contributed by atoms with Gasteiger partial charge in [-0.1, -0.05) is 6.08 Å². The van der Waals surface area contributed by atoms with Crippen LogP contribution in [0.5, 0.6) is 0 Å². The summed E-state index contributed by atoms with van der Waals surface area (Å²) in [7, 11) is 0. The first-order valence-electron chi connectivity index (χ1n) is 3.55. The van der Waals surface area contributed by atoms with E-state index in [2.05, 4.69) is 10.3 Å². The second-order valence-electron chi connectivity index (χ2n) is 2.51. The van der Waals surface area contributed by atoms with Crippen LogP contribution in [0.15, 0.2) is 28.3 Å². The first-order chi connectivity index (χ1) is 5.38. The molecule has 0 spiro atoms. The van der Waals surface area contributed by atoms with Gasteiger partial charge in [-0.3, -0.25) is 9.79 Å². The van der Waals surface area contributed by atoms with Crippen LogP contribution in [0.3, 0.4) is 0 Å². The molecule has 56 valence electrons. The lowest BCUT2D eigenvalue weighted by Gasteiger charge is -1.90. The minimum absolute atomic E-state index is 0.0181. The van der Waals surface area contributed by atoms with Crippen LogP contribution in [0.2, 0.25) is 0 Å². The summed E-state index contributed by atoms with van der Waals surface area (Å²) < 4.78 is 0. The van der Waals surface area contributed by atoms with Crippen LogP contribution < -0.4 is 5.32 Å². The minimum Gasteiger partial charge on any atom is -0.348 e. The standard InChI is InChI=1S/C8H8N2O/c11-8-7-2-4-9-3-1-6(7)5-10-8/h1-2,4H,3,5H2,(H,10,11). The molecule has 11 heavy (non-hydrogen) atoms. The summed E-state index contributed by atoms with van der Waals surface area (Å²) in [6.45, 7) is 1.35. The highest BCUT2D eigenvalue weighted by molar-refractivity contribution is 6.04. The molecule has 2 aliphatic rings. The monoisotopic (exact) mass is 148 g/mol. The summed E-state index contributed by atoms with van der Waals surface area (Å²) in [5, 5.41) is 2.75. The predicted molar refractivity (Wildman–Crippen MR) is 42.5 cm³/mol. The van der Waals surface area contributed by atoms with Gasteiger partial charge in [0.1, 0.15) is 0 Å². The molecule has 0 aliphatic carbocycles. The summed E-state index contributed by atoms with van der Waals surface area (Å²) in [5.74, 6) is 0.0181. The van der Waals surface area contributed by atoms with Crippen LogP contribution >= 0.6 is 0 Å². The molecule has 2 rings (SSSR count). The number of aliphatic imine (C=N–C) groups is 1. The number of allylic oxidation sites excluding steroid dienone is 1. The number of nitrogens with zero attached hydrogens (tertiary/aromatic N) is 1. The van der Waals surface area contributed by atoms with Gasteiger partial charge in [0.25, 0.3) is 5.91 Å². The molecule has 1 fully saturated rings. The van der Waals surface area contributed by atoms with Crippen LogP contribution in [0.1, 0.15) is 0 Å². The number of carbonyl (C=O) groups excluding carboxylic acids is 1. The second-order valence-corrected chi connectivity index (χ2v) is 2.51. The topological polar surface area (TPSA) is 41.5 Å². The van der Waals surface area contributed by atoms with Gasteiger partial charge >= 0.3 is 0 Å². The normalized spacial score (nSPS) is 21.6. The van der Waals surface area contributed by atoms with E-state index in [1.807, 2.05) is 6.08 Å². The van der Waals surface area contributed by atoms with Gasteiger partial charge in [0, 0.05) is 18.3 Å². The van der Waals surface area contributed by atoms with Gasteiger partial charge in [-0.25, -0.2) is 0 Å². The zero-order chi connectivity index (χ0) is 7.68. The van der Waals surface area contributed by atoms with Crippen molar-refractivity contribution in [1.29, 1.82) is 0 Å².